The van der Waals surface area contributed by atoms with Gasteiger partial charge in [0.15, 0.2) is 0 Å². The first-order chi connectivity index (χ1) is 12.1. The van der Waals surface area contributed by atoms with Crippen molar-refractivity contribution < 1.29 is 23.9 Å². The lowest BCUT2D eigenvalue weighted by Gasteiger charge is -2.42. The first kappa shape index (κ1) is 17.4. The second kappa shape index (κ2) is 7.65. The molecule has 1 spiro atoms. The molecule has 7 nitrogen and oxygen atoms in total. The predicted octanol–water partition coefficient (Wildman–Crippen LogP) is 1.61. The van der Waals surface area contributed by atoms with Crippen molar-refractivity contribution in [2.75, 3.05) is 19.6 Å². The van der Waals surface area contributed by atoms with Crippen LogP contribution < -0.4 is 5.32 Å². The number of hydrogen-bond acceptors (Lipinski definition) is 6. The Morgan fingerprint density at radius 2 is 1.92 bits per heavy atom. The third-order valence-corrected chi connectivity index (χ3v) is 4.60. The van der Waals surface area contributed by atoms with E-state index in [0.717, 1.165) is 23.6 Å². The van der Waals surface area contributed by atoms with Gasteiger partial charge in [0.05, 0.1) is 12.8 Å². The minimum Gasteiger partial charge on any atom is -0.461 e. The molecule has 25 heavy (non-hydrogen) atoms. The number of nitrogens with zero attached hydrogens (tertiary/aromatic N) is 1. The molecule has 2 fully saturated rings. The Morgan fingerprint density at radius 3 is 2.60 bits per heavy atom. The molecular weight excluding hydrogens is 324 g/mol. The molecule has 1 aromatic carbocycles. The fourth-order valence-corrected chi connectivity index (χ4v) is 3.14. The van der Waals surface area contributed by atoms with E-state index in [2.05, 4.69) is 5.32 Å². The minimum absolute atomic E-state index is 0.0143. The molecule has 2 amide bonds. The van der Waals surface area contributed by atoms with E-state index in [4.69, 9.17) is 9.47 Å². The molecule has 2 heterocycles. The number of amides is 2. The lowest BCUT2D eigenvalue weighted by molar-refractivity contribution is -0.149. The number of hydrogen-bond donors (Lipinski definition) is 1. The summed E-state index contributed by atoms with van der Waals surface area (Å²) in [5.74, 6) is -0.736. The second-order valence-corrected chi connectivity index (χ2v) is 6.42. The molecular formula is C18H22N2O5. The van der Waals surface area contributed by atoms with Crippen molar-refractivity contribution in [3.63, 3.8) is 0 Å². The average molecular weight is 346 g/mol. The zero-order valence-corrected chi connectivity index (χ0v) is 14.0. The molecule has 1 aromatic rings. The summed E-state index contributed by atoms with van der Waals surface area (Å²) in [6.45, 7) is 1.62. The number of ether oxygens (including phenoxy) is 2. The van der Waals surface area contributed by atoms with Gasteiger partial charge in [-0.15, -0.1) is 0 Å². The Labute approximate surface area is 146 Å². The van der Waals surface area contributed by atoms with Crippen LogP contribution in [0.25, 0.3) is 0 Å². The monoisotopic (exact) mass is 346 g/mol. The molecule has 134 valence electrons. The molecule has 0 bridgehead atoms. The maximum absolute atomic E-state index is 12.3. The molecule has 0 saturated carbocycles. The number of esters is 1. The van der Waals surface area contributed by atoms with Crippen molar-refractivity contribution in [2.45, 2.75) is 37.9 Å². The Bertz CT molecular complexity index is 620. The summed E-state index contributed by atoms with van der Waals surface area (Å²) in [7, 11) is 0. The van der Waals surface area contributed by atoms with E-state index >= 15 is 0 Å². The maximum atomic E-state index is 12.3. The van der Waals surface area contributed by atoms with Crippen LogP contribution in [0.2, 0.25) is 0 Å². The lowest BCUT2D eigenvalue weighted by atomic mass is 9.87. The fourth-order valence-electron chi connectivity index (χ4n) is 3.14. The SMILES string of the molecule is O=C(CCN1C(=O)CC2(CCNCC2)OC1=O)OCc1ccccc1. The molecule has 0 unspecified atom stereocenters. The van der Waals surface area contributed by atoms with E-state index in [9.17, 15) is 14.4 Å². The van der Waals surface area contributed by atoms with Crippen LogP contribution >= 0.6 is 0 Å². The third kappa shape index (κ3) is 4.36. The van der Waals surface area contributed by atoms with Crippen molar-refractivity contribution in [3.05, 3.63) is 35.9 Å². The summed E-state index contributed by atoms with van der Waals surface area (Å²) in [5, 5.41) is 3.19. The lowest BCUT2D eigenvalue weighted by Crippen LogP contribution is -2.56. The van der Waals surface area contributed by atoms with E-state index < -0.39 is 17.7 Å². The quantitative estimate of drug-likeness (QED) is 0.816. The molecule has 7 heteroatoms. The van der Waals surface area contributed by atoms with Crippen molar-refractivity contribution in [3.8, 4) is 0 Å². The van der Waals surface area contributed by atoms with Gasteiger partial charge in [-0.2, -0.15) is 0 Å². The van der Waals surface area contributed by atoms with Gasteiger partial charge in [-0.05, 0) is 18.7 Å². The van der Waals surface area contributed by atoms with Crippen molar-refractivity contribution in [2.24, 2.45) is 0 Å². The zero-order valence-electron chi connectivity index (χ0n) is 14.0. The molecule has 2 saturated heterocycles. The first-order valence-corrected chi connectivity index (χ1v) is 8.52. The summed E-state index contributed by atoms with van der Waals surface area (Å²) in [6, 6.07) is 9.33. The maximum Gasteiger partial charge on any atom is 0.417 e. The number of piperidine rings is 1. The molecule has 1 N–H and O–H groups in total. The summed E-state index contributed by atoms with van der Waals surface area (Å²) in [6.07, 6.45) is 0.755. The van der Waals surface area contributed by atoms with Gasteiger partial charge < -0.3 is 14.8 Å². The molecule has 2 aliphatic heterocycles. The van der Waals surface area contributed by atoms with Gasteiger partial charge in [0.25, 0.3) is 0 Å². The summed E-state index contributed by atoms with van der Waals surface area (Å²) < 4.78 is 10.7. The first-order valence-electron chi connectivity index (χ1n) is 8.52. The molecule has 0 atom stereocenters. The zero-order chi connectivity index (χ0) is 17.7. The fraction of sp³-hybridized carbons (Fsp3) is 0.500. The summed E-state index contributed by atoms with van der Waals surface area (Å²) in [4.78, 5) is 37.4. The highest BCUT2D eigenvalue weighted by Gasteiger charge is 2.45. The van der Waals surface area contributed by atoms with Gasteiger partial charge in [-0.3, -0.25) is 9.59 Å². The smallest absolute Gasteiger partial charge is 0.417 e. The van der Waals surface area contributed by atoms with Crippen molar-refractivity contribution in [1.29, 1.82) is 0 Å². The number of imide groups is 1. The molecule has 0 aliphatic carbocycles. The van der Waals surface area contributed by atoms with Crippen LogP contribution in [0.1, 0.15) is 31.2 Å². The van der Waals surface area contributed by atoms with Crippen molar-refractivity contribution in [1.82, 2.24) is 10.2 Å². The van der Waals surface area contributed by atoms with Crippen LogP contribution in [0.3, 0.4) is 0 Å². The van der Waals surface area contributed by atoms with Crippen molar-refractivity contribution >= 4 is 18.0 Å². The highest BCUT2D eigenvalue weighted by atomic mass is 16.6. The minimum atomic E-state index is -0.677. The van der Waals surface area contributed by atoms with Crippen LogP contribution in [0.5, 0.6) is 0 Å². The number of rotatable bonds is 5. The second-order valence-electron chi connectivity index (χ2n) is 6.42. The number of carbonyl (C=O) groups excluding carboxylic acids is 3. The molecule has 2 aliphatic rings. The third-order valence-electron chi connectivity index (χ3n) is 4.60. The van der Waals surface area contributed by atoms with Crippen LogP contribution in [-0.2, 0) is 25.7 Å². The Morgan fingerprint density at radius 1 is 1.20 bits per heavy atom. The van der Waals surface area contributed by atoms with Crippen LogP contribution in [0.4, 0.5) is 4.79 Å². The Hall–Kier alpha value is -2.41. The van der Waals surface area contributed by atoms with Gasteiger partial charge in [0, 0.05) is 19.4 Å². The van der Waals surface area contributed by atoms with Crippen LogP contribution in [0, 0.1) is 0 Å². The topological polar surface area (TPSA) is 84.9 Å². The summed E-state index contributed by atoms with van der Waals surface area (Å²) >= 11 is 0. The van der Waals surface area contributed by atoms with E-state index in [1.54, 1.807) is 0 Å². The molecule has 0 aromatic heterocycles. The van der Waals surface area contributed by atoms with Gasteiger partial charge in [0.1, 0.15) is 12.2 Å². The molecule has 3 rings (SSSR count). The van der Waals surface area contributed by atoms with E-state index in [1.807, 2.05) is 30.3 Å². The van der Waals surface area contributed by atoms with Gasteiger partial charge in [-0.25, -0.2) is 9.69 Å². The van der Waals surface area contributed by atoms with Gasteiger partial charge in [0.2, 0.25) is 5.91 Å². The Kier molecular flexibility index (Phi) is 5.33. The Balaban J connectivity index is 1.47. The standard InChI is InChI=1S/C18H22N2O5/c21-15-12-18(7-9-19-10-8-18)25-17(23)20(15)11-6-16(22)24-13-14-4-2-1-3-5-14/h1-5,19H,6-13H2. The number of carbonyl (C=O) groups is 3. The largest absolute Gasteiger partial charge is 0.461 e. The summed E-state index contributed by atoms with van der Waals surface area (Å²) in [5.41, 5.74) is 0.209. The average Bonchev–Trinajstić information content (AvgIpc) is 2.60. The van der Waals surface area contributed by atoms with E-state index in [0.29, 0.717) is 12.8 Å². The van der Waals surface area contributed by atoms with Gasteiger partial charge in [-0.1, -0.05) is 30.3 Å². The number of benzene rings is 1. The van der Waals surface area contributed by atoms with Crippen LogP contribution in [-0.4, -0.2) is 48.1 Å². The van der Waals surface area contributed by atoms with Gasteiger partial charge >= 0.3 is 12.1 Å². The van der Waals surface area contributed by atoms with E-state index in [1.165, 1.54) is 0 Å². The number of nitrogens with one attached hydrogen (secondary N) is 1. The highest BCUT2D eigenvalue weighted by molar-refractivity contribution is 5.95. The normalized spacial score (nSPS) is 19.6. The molecule has 0 radical (unpaired) electrons. The predicted molar refractivity (Wildman–Crippen MR) is 88.5 cm³/mol. The van der Waals surface area contributed by atoms with Crippen LogP contribution in [0.15, 0.2) is 30.3 Å². The van der Waals surface area contributed by atoms with E-state index in [-0.39, 0.29) is 31.9 Å². The highest BCUT2D eigenvalue weighted by Crippen LogP contribution is 2.32.